The summed E-state index contributed by atoms with van der Waals surface area (Å²) in [7, 11) is 0. The summed E-state index contributed by atoms with van der Waals surface area (Å²) in [6, 6.07) is 76.8. The molecule has 13 rings (SSSR count). The SMILES string of the molecule is c1ccc(-c2nc(-c3ccc(-c4ccc(-c5cccc6c5-c5ccccc5C65c6ccccc6-c6ccccc65)cc4)cc3)nc(-c3cccc4c3sc3ccccc34)n2)cc1. The van der Waals surface area contributed by atoms with Crippen LogP contribution in [0.4, 0.5) is 0 Å². The zero-order valence-corrected chi connectivity index (χ0v) is 34.3. The van der Waals surface area contributed by atoms with Crippen LogP contribution in [0.2, 0.25) is 0 Å². The third-order valence-corrected chi connectivity index (χ3v) is 14.2. The number of nitrogens with zero attached hydrogens (tertiary/aromatic N) is 3. The van der Waals surface area contributed by atoms with Crippen LogP contribution >= 0.6 is 11.3 Å². The predicted molar refractivity (Wildman–Crippen MR) is 256 cm³/mol. The molecule has 0 unspecified atom stereocenters. The normalized spacial score (nSPS) is 13.0. The van der Waals surface area contributed by atoms with E-state index in [-0.39, 0.29) is 5.41 Å². The number of aromatic nitrogens is 3. The molecular formula is C58H35N3S. The van der Waals surface area contributed by atoms with Crippen LogP contribution in [0.25, 0.3) is 98.8 Å². The fourth-order valence-electron chi connectivity index (χ4n) is 10.3. The largest absolute Gasteiger partial charge is 0.208 e. The molecule has 1 spiro atoms. The summed E-state index contributed by atoms with van der Waals surface area (Å²) < 4.78 is 2.44. The van der Waals surface area contributed by atoms with E-state index < -0.39 is 0 Å². The maximum Gasteiger partial charge on any atom is 0.165 e. The van der Waals surface area contributed by atoms with Crippen LogP contribution in [0.5, 0.6) is 0 Å². The van der Waals surface area contributed by atoms with E-state index in [1.165, 1.54) is 75.8 Å². The molecular weight excluding hydrogens is 771 g/mol. The fraction of sp³-hybridized carbons (Fsp3) is 0.0172. The molecule has 0 saturated heterocycles. The van der Waals surface area contributed by atoms with Gasteiger partial charge in [0, 0.05) is 36.9 Å². The van der Waals surface area contributed by atoms with Gasteiger partial charge in [-0.1, -0.05) is 200 Å². The average molecular weight is 806 g/mol. The van der Waals surface area contributed by atoms with Crippen molar-refractivity contribution in [1.82, 2.24) is 15.0 Å². The molecule has 62 heavy (non-hydrogen) atoms. The molecule has 2 aliphatic rings. The first-order valence-corrected chi connectivity index (χ1v) is 21.9. The van der Waals surface area contributed by atoms with Gasteiger partial charge in [-0.05, 0) is 78.9 Å². The third-order valence-electron chi connectivity index (χ3n) is 13.0. The molecule has 11 aromatic rings. The van der Waals surface area contributed by atoms with Crippen molar-refractivity contribution < 1.29 is 0 Å². The Balaban J connectivity index is 0.877. The summed E-state index contributed by atoms with van der Waals surface area (Å²) in [5, 5.41) is 2.47. The Morgan fingerprint density at radius 3 is 1.44 bits per heavy atom. The van der Waals surface area contributed by atoms with Gasteiger partial charge in [-0.25, -0.2) is 15.0 Å². The summed E-state index contributed by atoms with van der Waals surface area (Å²) in [6.45, 7) is 0. The van der Waals surface area contributed by atoms with E-state index in [4.69, 9.17) is 15.0 Å². The number of hydrogen-bond donors (Lipinski definition) is 0. The van der Waals surface area contributed by atoms with E-state index in [9.17, 15) is 0 Å². The molecule has 0 amide bonds. The lowest BCUT2D eigenvalue weighted by atomic mass is 9.70. The van der Waals surface area contributed by atoms with Gasteiger partial charge in [0.1, 0.15) is 0 Å². The molecule has 0 saturated carbocycles. The Bertz CT molecular complexity index is 3520. The minimum atomic E-state index is -0.357. The fourth-order valence-corrected chi connectivity index (χ4v) is 11.5. The quantitative estimate of drug-likeness (QED) is 0.174. The summed E-state index contributed by atoms with van der Waals surface area (Å²) >= 11 is 1.79. The van der Waals surface area contributed by atoms with Gasteiger partial charge in [0.15, 0.2) is 17.5 Å². The highest BCUT2D eigenvalue weighted by atomic mass is 32.1. The third kappa shape index (κ3) is 5.08. The predicted octanol–water partition coefficient (Wildman–Crippen LogP) is 14.9. The first kappa shape index (κ1) is 35.0. The van der Waals surface area contributed by atoms with Crippen LogP contribution in [0.1, 0.15) is 22.3 Å². The van der Waals surface area contributed by atoms with Crippen molar-refractivity contribution in [2.75, 3.05) is 0 Å². The van der Waals surface area contributed by atoms with Crippen molar-refractivity contribution in [3.63, 3.8) is 0 Å². The lowest BCUT2D eigenvalue weighted by Gasteiger charge is -2.30. The van der Waals surface area contributed by atoms with E-state index in [1.807, 2.05) is 18.2 Å². The minimum Gasteiger partial charge on any atom is -0.208 e. The summed E-state index contributed by atoms with van der Waals surface area (Å²) in [5.41, 5.74) is 18.0. The molecule has 3 nitrogen and oxygen atoms in total. The summed E-state index contributed by atoms with van der Waals surface area (Å²) in [6.07, 6.45) is 0. The van der Waals surface area contributed by atoms with Crippen LogP contribution in [0.15, 0.2) is 212 Å². The van der Waals surface area contributed by atoms with Gasteiger partial charge in [0.25, 0.3) is 0 Å². The van der Waals surface area contributed by atoms with E-state index in [2.05, 4.69) is 194 Å². The number of hydrogen-bond acceptors (Lipinski definition) is 4. The number of rotatable bonds is 5. The Kier molecular flexibility index (Phi) is 7.69. The smallest absolute Gasteiger partial charge is 0.165 e. The molecule has 0 bridgehead atoms. The number of thiophene rings is 1. The molecule has 2 heterocycles. The van der Waals surface area contributed by atoms with Crippen LogP contribution in [-0.2, 0) is 5.41 Å². The number of benzene rings is 9. The standard InChI is InChI=1S/C58H35N3S/c1-2-14-39(15-3-1)55-59-56(61-57(60-55)47-22-12-21-45-44-18-7-11-27-52(44)62-54(45)47)40-34-30-37(31-35-40)36-28-32-38(33-29-36)41-20-13-26-51-53(41)46-19-6-10-25-50(46)58(51)48-23-8-4-16-42(48)43-17-5-9-24-49(43)58/h1-35H. The second-order valence-electron chi connectivity index (χ2n) is 16.2. The van der Waals surface area contributed by atoms with Crippen LogP contribution < -0.4 is 0 Å². The van der Waals surface area contributed by atoms with Crippen molar-refractivity contribution in [2.24, 2.45) is 0 Å². The molecule has 2 aromatic heterocycles. The highest BCUT2D eigenvalue weighted by molar-refractivity contribution is 7.26. The highest BCUT2D eigenvalue weighted by Crippen LogP contribution is 2.64. The van der Waals surface area contributed by atoms with Gasteiger partial charge in [0.05, 0.1) is 5.41 Å². The van der Waals surface area contributed by atoms with Crippen molar-refractivity contribution in [1.29, 1.82) is 0 Å². The zero-order chi connectivity index (χ0) is 40.8. The second-order valence-corrected chi connectivity index (χ2v) is 17.3. The maximum absolute atomic E-state index is 5.15. The van der Waals surface area contributed by atoms with Crippen LogP contribution in [0, 0.1) is 0 Å². The van der Waals surface area contributed by atoms with E-state index in [0.717, 1.165) is 27.8 Å². The van der Waals surface area contributed by atoms with Gasteiger partial charge in [-0.3, -0.25) is 0 Å². The van der Waals surface area contributed by atoms with Gasteiger partial charge >= 0.3 is 0 Å². The monoisotopic (exact) mass is 805 g/mol. The van der Waals surface area contributed by atoms with Gasteiger partial charge < -0.3 is 0 Å². The van der Waals surface area contributed by atoms with E-state index in [0.29, 0.717) is 17.5 Å². The van der Waals surface area contributed by atoms with Crippen LogP contribution in [-0.4, -0.2) is 15.0 Å². The number of fused-ring (bicyclic) bond motifs is 13. The molecule has 4 heteroatoms. The van der Waals surface area contributed by atoms with Crippen molar-refractivity contribution in [2.45, 2.75) is 5.41 Å². The summed E-state index contributed by atoms with van der Waals surface area (Å²) in [4.78, 5) is 15.3. The Morgan fingerprint density at radius 2 is 0.742 bits per heavy atom. The van der Waals surface area contributed by atoms with Gasteiger partial charge in [-0.2, -0.15) is 0 Å². The molecule has 2 aliphatic carbocycles. The lowest BCUT2D eigenvalue weighted by Crippen LogP contribution is -2.25. The molecule has 0 atom stereocenters. The average Bonchev–Trinajstić information content (AvgIpc) is 3.99. The highest BCUT2D eigenvalue weighted by Gasteiger charge is 2.51. The molecule has 0 radical (unpaired) electrons. The van der Waals surface area contributed by atoms with Crippen LogP contribution in [0.3, 0.4) is 0 Å². The second kappa shape index (κ2) is 13.6. The Hall–Kier alpha value is -7.79. The Morgan fingerprint density at radius 1 is 0.290 bits per heavy atom. The topological polar surface area (TPSA) is 38.7 Å². The van der Waals surface area contributed by atoms with Crippen molar-refractivity contribution in [3.05, 3.63) is 235 Å². The molecule has 0 fully saturated rings. The molecule has 0 N–H and O–H groups in total. The molecule has 9 aromatic carbocycles. The van der Waals surface area contributed by atoms with Gasteiger partial charge in [0.2, 0.25) is 0 Å². The minimum absolute atomic E-state index is 0.357. The first-order valence-electron chi connectivity index (χ1n) is 21.1. The van der Waals surface area contributed by atoms with E-state index in [1.54, 1.807) is 11.3 Å². The first-order chi connectivity index (χ1) is 30.7. The maximum atomic E-state index is 5.15. The Labute approximate surface area is 363 Å². The molecule has 0 aliphatic heterocycles. The lowest BCUT2D eigenvalue weighted by molar-refractivity contribution is 0.794. The zero-order valence-electron chi connectivity index (χ0n) is 33.5. The van der Waals surface area contributed by atoms with Crippen molar-refractivity contribution in [3.8, 4) is 78.7 Å². The van der Waals surface area contributed by atoms with Crippen molar-refractivity contribution >= 4 is 31.5 Å². The van der Waals surface area contributed by atoms with Gasteiger partial charge in [-0.15, -0.1) is 11.3 Å². The van der Waals surface area contributed by atoms with E-state index >= 15 is 0 Å². The summed E-state index contributed by atoms with van der Waals surface area (Å²) in [5.74, 6) is 1.98. The molecule has 288 valence electrons.